The van der Waals surface area contributed by atoms with Crippen LogP contribution in [0.1, 0.15) is 31.9 Å². The number of carbonyl (C=O) groups excluding carboxylic acids is 1. The number of nitriles is 1. The summed E-state index contributed by atoms with van der Waals surface area (Å²) in [6.45, 7) is 6.83. The van der Waals surface area contributed by atoms with Crippen LogP contribution in [-0.2, 0) is 10.2 Å². The Hall–Kier alpha value is -3.65. The van der Waals surface area contributed by atoms with Gasteiger partial charge in [-0.2, -0.15) is 5.26 Å². The lowest BCUT2D eigenvalue weighted by Crippen LogP contribution is -2.46. The number of hydrogen-bond donors (Lipinski definition) is 5. The first-order valence-corrected chi connectivity index (χ1v) is 12.5. The molecule has 38 heavy (non-hydrogen) atoms. The molecular formula is C26H27BCl2N8O. The summed E-state index contributed by atoms with van der Waals surface area (Å²) in [4.78, 5) is 15.9. The predicted octanol–water partition coefficient (Wildman–Crippen LogP) is 3.96. The number of nitrogens with zero attached hydrogens (tertiary/aromatic N) is 3. The van der Waals surface area contributed by atoms with Gasteiger partial charge in [-0.25, -0.2) is 0 Å². The van der Waals surface area contributed by atoms with Gasteiger partial charge in [-0.15, -0.1) is 5.53 Å². The van der Waals surface area contributed by atoms with Gasteiger partial charge in [0.05, 0.1) is 32.9 Å². The second-order valence-corrected chi connectivity index (χ2v) is 11.0. The van der Waals surface area contributed by atoms with Gasteiger partial charge < -0.3 is 21.8 Å². The molecule has 0 fully saturated rings. The Bertz CT molecular complexity index is 1470. The molecular weight excluding hydrogens is 522 g/mol. The van der Waals surface area contributed by atoms with Crippen LogP contribution < -0.4 is 27.3 Å². The summed E-state index contributed by atoms with van der Waals surface area (Å²) in [5.74, 6) is -0.525. The molecule has 0 bridgehead atoms. The topological polar surface area (TPSA) is 131 Å². The summed E-state index contributed by atoms with van der Waals surface area (Å²) < 4.78 is 0. The lowest BCUT2D eigenvalue weighted by atomic mass is 9.69. The van der Waals surface area contributed by atoms with E-state index in [2.05, 4.69) is 53.4 Å². The predicted molar refractivity (Wildman–Crippen MR) is 152 cm³/mol. The summed E-state index contributed by atoms with van der Waals surface area (Å²) in [5, 5.41) is 19.5. The van der Waals surface area contributed by atoms with Gasteiger partial charge in [-0.3, -0.25) is 14.8 Å². The van der Waals surface area contributed by atoms with Crippen LogP contribution in [-0.4, -0.2) is 36.8 Å². The van der Waals surface area contributed by atoms with Crippen molar-refractivity contribution in [1.82, 2.24) is 21.0 Å². The molecule has 0 saturated carbocycles. The van der Waals surface area contributed by atoms with Gasteiger partial charge in [0.25, 0.3) is 0 Å². The van der Waals surface area contributed by atoms with Crippen molar-refractivity contribution in [2.24, 2.45) is 11.1 Å². The number of nitrogens with two attached hydrogens (primary N) is 1. The number of pyridine rings is 1. The maximum Gasteiger partial charge on any atom is 0.238 e. The third-order valence-corrected chi connectivity index (χ3v) is 6.47. The van der Waals surface area contributed by atoms with Gasteiger partial charge in [0.1, 0.15) is 20.5 Å². The molecule has 0 saturated heterocycles. The van der Waals surface area contributed by atoms with Crippen molar-refractivity contribution in [3.05, 3.63) is 75.7 Å². The third kappa shape index (κ3) is 5.75. The number of primary amides is 1. The number of benzene rings is 2. The molecule has 3 aromatic rings. The van der Waals surface area contributed by atoms with E-state index in [0.717, 1.165) is 0 Å². The van der Waals surface area contributed by atoms with Gasteiger partial charge in [0.15, 0.2) is 0 Å². The molecule has 0 spiro atoms. The summed E-state index contributed by atoms with van der Waals surface area (Å²) in [6, 6.07) is 12.9. The summed E-state index contributed by atoms with van der Waals surface area (Å²) >= 11 is 13.3. The van der Waals surface area contributed by atoms with E-state index in [-0.39, 0.29) is 12.0 Å². The summed E-state index contributed by atoms with van der Waals surface area (Å²) in [7, 11) is 7.02. The number of halogens is 2. The van der Waals surface area contributed by atoms with Crippen LogP contribution >= 0.6 is 23.2 Å². The second-order valence-electron chi connectivity index (χ2n) is 10.2. The van der Waals surface area contributed by atoms with Crippen molar-refractivity contribution in [3.63, 3.8) is 0 Å². The highest BCUT2D eigenvalue weighted by Gasteiger charge is 2.36. The number of fused-ring (bicyclic) bond motifs is 1. The van der Waals surface area contributed by atoms with E-state index in [1.807, 2.05) is 12.1 Å². The number of nitrogens with one attached hydrogen (secondary N) is 4. The molecule has 1 aromatic heterocycles. The quantitative estimate of drug-likeness (QED) is 0.267. The first-order valence-electron chi connectivity index (χ1n) is 11.8. The molecule has 2 aromatic carbocycles. The summed E-state index contributed by atoms with van der Waals surface area (Å²) in [5.41, 5.74) is 12.9. The number of amides is 1. The molecule has 2 radical (unpaired) electrons. The van der Waals surface area contributed by atoms with E-state index < -0.39 is 11.3 Å². The third-order valence-electron chi connectivity index (χ3n) is 5.85. The van der Waals surface area contributed by atoms with E-state index >= 15 is 0 Å². The minimum Gasteiger partial charge on any atom is -0.383 e. The Labute approximate surface area is 232 Å². The lowest BCUT2D eigenvalue weighted by Gasteiger charge is -2.35. The molecule has 1 amide bonds. The first-order chi connectivity index (χ1) is 17.9. The van der Waals surface area contributed by atoms with Gasteiger partial charge in [0.2, 0.25) is 5.91 Å². The number of rotatable bonds is 8. The number of anilines is 2. The first kappa shape index (κ1) is 27.4. The van der Waals surface area contributed by atoms with Crippen LogP contribution in [0.5, 0.6) is 0 Å². The molecule has 1 atom stereocenters. The lowest BCUT2D eigenvalue weighted by molar-refractivity contribution is -0.119. The fraction of sp³-hybridized carbons (Fsp3) is 0.269. The average Bonchev–Trinajstić information content (AvgIpc) is 3.30. The Morgan fingerprint density at radius 2 is 1.97 bits per heavy atom. The molecule has 9 nitrogen and oxygen atoms in total. The van der Waals surface area contributed by atoms with Gasteiger partial charge in [-0.1, -0.05) is 62.2 Å². The van der Waals surface area contributed by atoms with Crippen LogP contribution in [0, 0.1) is 16.7 Å². The molecule has 4 rings (SSSR count). The number of hydrazine groups is 2. The number of hydrogen-bond acceptors (Lipinski definition) is 8. The maximum atomic E-state index is 11.5. The zero-order chi connectivity index (χ0) is 27.7. The molecule has 2 heterocycles. The molecule has 6 N–H and O–H groups in total. The fourth-order valence-corrected chi connectivity index (χ4v) is 4.61. The smallest absolute Gasteiger partial charge is 0.238 e. The highest BCUT2D eigenvalue weighted by atomic mass is 35.5. The van der Waals surface area contributed by atoms with Crippen molar-refractivity contribution < 1.29 is 4.79 Å². The average molecular weight is 549 g/mol. The Morgan fingerprint density at radius 1 is 1.24 bits per heavy atom. The van der Waals surface area contributed by atoms with E-state index in [4.69, 9.17) is 36.8 Å². The molecule has 1 aliphatic heterocycles. The number of aromatic nitrogens is 1. The van der Waals surface area contributed by atoms with Crippen LogP contribution in [0.25, 0.3) is 10.9 Å². The van der Waals surface area contributed by atoms with Gasteiger partial charge in [0, 0.05) is 35.0 Å². The van der Waals surface area contributed by atoms with Gasteiger partial charge in [-0.05, 0) is 29.2 Å². The second kappa shape index (κ2) is 10.6. The molecule has 0 aliphatic carbocycles. The highest BCUT2D eigenvalue weighted by Crippen LogP contribution is 2.39. The van der Waals surface area contributed by atoms with E-state index in [0.29, 0.717) is 55.7 Å². The Morgan fingerprint density at radius 3 is 2.63 bits per heavy atom. The standard InChI is InChI=1S/C26H27BCl2N8O/c1-25(2,3)14-33-23-15(10-30)11-32-24-17(23)8-16(9-20(24)29)34-26(27,18-6-4-5-7-19(18)28)21-12-37(36-35-21)13-22(31)38/h4-9,11-12,34-36H,13-14H2,1-3H3,(H2,31,38)(H,32,33). The van der Waals surface area contributed by atoms with Crippen LogP contribution in [0.4, 0.5) is 11.4 Å². The van der Waals surface area contributed by atoms with Gasteiger partial charge >= 0.3 is 0 Å². The number of carbonyl (C=O) groups is 1. The minimum absolute atomic E-state index is 0.0388. The normalized spacial score (nSPS) is 14.8. The van der Waals surface area contributed by atoms with E-state index in [1.165, 1.54) is 11.2 Å². The Balaban J connectivity index is 1.84. The van der Waals surface area contributed by atoms with Crippen LogP contribution in [0.3, 0.4) is 0 Å². The van der Waals surface area contributed by atoms with E-state index in [9.17, 15) is 10.1 Å². The molecule has 194 valence electrons. The van der Waals surface area contributed by atoms with Crippen molar-refractivity contribution in [2.45, 2.75) is 26.2 Å². The van der Waals surface area contributed by atoms with Crippen molar-refractivity contribution >= 4 is 59.2 Å². The largest absolute Gasteiger partial charge is 0.383 e. The zero-order valence-electron chi connectivity index (χ0n) is 21.2. The molecule has 12 heteroatoms. The monoisotopic (exact) mass is 548 g/mol. The molecule has 1 unspecified atom stereocenters. The van der Waals surface area contributed by atoms with Crippen LogP contribution in [0.2, 0.25) is 10.0 Å². The Kier molecular flexibility index (Phi) is 7.65. The minimum atomic E-state index is -1.39. The molecule has 1 aliphatic rings. The van der Waals surface area contributed by atoms with Crippen LogP contribution in [0.15, 0.2) is 54.5 Å². The van der Waals surface area contributed by atoms with Crippen molar-refractivity contribution in [3.8, 4) is 6.07 Å². The fourth-order valence-electron chi connectivity index (χ4n) is 4.05. The maximum absolute atomic E-state index is 11.5. The highest BCUT2D eigenvalue weighted by molar-refractivity contribution is 6.36. The van der Waals surface area contributed by atoms with Crippen molar-refractivity contribution in [1.29, 1.82) is 5.26 Å². The van der Waals surface area contributed by atoms with E-state index in [1.54, 1.807) is 30.5 Å². The van der Waals surface area contributed by atoms with Crippen molar-refractivity contribution in [2.75, 3.05) is 23.7 Å². The SMILES string of the molecule is [B]C(Nc1cc(Cl)c2ncc(C#N)c(NCC(C)(C)C)c2c1)(C1=CN(CC(N)=O)NN1)c1ccccc1Cl. The summed E-state index contributed by atoms with van der Waals surface area (Å²) in [6.07, 6.45) is 3.14. The zero-order valence-corrected chi connectivity index (χ0v) is 22.7.